The van der Waals surface area contributed by atoms with Gasteiger partial charge in [-0.25, -0.2) is 4.79 Å². The Bertz CT molecular complexity index is 1060. The van der Waals surface area contributed by atoms with Crippen molar-refractivity contribution in [2.75, 3.05) is 7.11 Å². The number of carbonyl (C=O) groups excluding carboxylic acids is 2. The van der Waals surface area contributed by atoms with Gasteiger partial charge in [-0.1, -0.05) is 54.6 Å². The predicted molar refractivity (Wildman–Crippen MR) is 124 cm³/mol. The van der Waals surface area contributed by atoms with Crippen LogP contribution in [0.1, 0.15) is 42.3 Å². The van der Waals surface area contributed by atoms with Gasteiger partial charge in [0.2, 0.25) is 0 Å². The number of hydrogen-bond acceptors (Lipinski definition) is 5. The Morgan fingerprint density at radius 2 is 1.41 bits per heavy atom. The molecule has 0 amide bonds. The van der Waals surface area contributed by atoms with Gasteiger partial charge in [0.25, 0.3) is 0 Å². The summed E-state index contributed by atoms with van der Waals surface area (Å²) in [5.74, 6) is 0.0882. The van der Waals surface area contributed by atoms with Crippen LogP contribution < -0.4 is 4.74 Å². The topological polar surface area (TPSA) is 61.8 Å². The van der Waals surface area contributed by atoms with E-state index in [1.165, 1.54) is 7.11 Å². The van der Waals surface area contributed by atoms with Crippen LogP contribution in [0.3, 0.4) is 0 Å². The molecule has 0 N–H and O–H groups in total. The van der Waals surface area contributed by atoms with Gasteiger partial charge < -0.3 is 14.2 Å². The van der Waals surface area contributed by atoms with Crippen molar-refractivity contribution in [1.82, 2.24) is 0 Å². The van der Waals surface area contributed by atoms with Crippen molar-refractivity contribution in [2.45, 2.75) is 39.4 Å². The molecule has 0 radical (unpaired) electrons. The molecule has 0 fully saturated rings. The van der Waals surface area contributed by atoms with Gasteiger partial charge in [0.05, 0.1) is 19.1 Å². The molecule has 0 unspecified atom stereocenters. The monoisotopic (exact) mass is 432 g/mol. The minimum atomic E-state index is -0.557. The fourth-order valence-electron chi connectivity index (χ4n) is 3.14. The minimum Gasteiger partial charge on any atom is -0.489 e. The second kappa shape index (κ2) is 10.1. The van der Waals surface area contributed by atoms with Gasteiger partial charge in [0.15, 0.2) is 0 Å². The van der Waals surface area contributed by atoms with Gasteiger partial charge >= 0.3 is 11.9 Å². The molecule has 0 spiro atoms. The van der Waals surface area contributed by atoms with Gasteiger partial charge in [0, 0.05) is 5.56 Å². The molecule has 3 aromatic rings. The molecule has 32 heavy (non-hydrogen) atoms. The van der Waals surface area contributed by atoms with Crippen molar-refractivity contribution < 1.29 is 23.8 Å². The Morgan fingerprint density at radius 1 is 0.812 bits per heavy atom. The van der Waals surface area contributed by atoms with Crippen molar-refractivity contribution in [3.63, 3.8) is 0 Å². The highest BCUT2D eigenvalue weighted by Gasteiger charge is 2.20. The van der Waals surface area contributed by atoms with E-state index in [4.69, 9.17) is 14.2 Å². The smallest absolute Gasteiger partial charge is 0.339 e. The summed E-state index contributed by atoms with van der Waals surface area (Å²) >= 11 is 0. The summed E-state index contributed by atoms with van der Waals surface area (Å²) in [6.07, 6.45) is 0.258. The highest BCUT2D eigenvalue weighted by Crippen LogP contribution is 2.24. The SMILES string of the molecule is COC(=O)Cc1ccc(-c2ccc(OCc3ccccc3C(=O)OC(C)(C)C)cc2)cc1. The van der Waals surface area contributed by atoms with E-state index in [1.54, 1.807) is 6.07 Å². The third-order valence-electron chi connectivity index (χ3n) is 4.75. The first-order chi connectivity index (χ1) is 15.2. The summed E-state index contributed by atoms with van der Waals surface area (Å²) in [4.78, 5) is 23.9. The Kier molecular flexibility index (Phi) is 7.31. The lowest BCUT2D eigenvalue weighted by Crippen LogP contribution is -2.24. The van der Waals surface area contributed by atoms with Crippen LogP contribution in [-0.4, -0.2) is 24.6 Å². The molecule has 0 aliphatic carbocycles. The number of rotatable bonds is 7. The molecule has 5 heteroatoms. The number of benzene rings is 3. The third-order valence-corrected chi connectivity index (χ3v) is 4.75. The summed E-state index contributed by atoms with van der Waals surface area (Å²) in [5.41, 5.74) is 3.71. The Hall–Kier alpha value is -3.60. The Morgan fingerprint density at radius 3 is 2.00 bits per heavy atom. The molecule has 0 saturated carbocycles. The van der Waals surface area contributed by atoms with Crippen molar-refractivity contribution in [3.8, 4) is 16.9 Å². The quantitative estimate of drug-likeness (QED) is 0.455. The molecule has 0 heterocycles. The molecule has 0 aromatic heterocycles. The average molecular weight is 433 g/mol. The molecule has 5 nitrogen and oxygen atoms in total. The van der Waals surface area contributed by atoms with E-state index in [9.17, 15) is 9.59 Å². The number of hydrogen-bond donors (Lipinski definition) is 0. The predicted octanol–water partition coefficient (Wildman–Crippen LogP) is 5.60. The van der Waals surface area contributed by atoms with Gasteiger partial charge in [-0.3, -0.25) is 4.79 Å². The second-order valence-corrected chi connectivity index (χ2v) is 8.42. The van der Waals surface area contributed by atoms with E-state index in [2.05, 4.69) is 0 Å². The molecular weight excluding hydrogens is 404 g/mol. The number of esters is 2. The lowest BCUT2D eigenvalue weighted by atomic mass is 10.0. The largest absolute Gasteiger partial charge is 0.489 e. The van der Waals surface area contributed by atoms with Gasteiger partial charge in [0.1, 0.15) is 18.0 Å². The number of methoxy groups -OCH3 is 1. The fourth-order valence-corrected chi connectivity index (χ4v) is 3.14. The van der Waals surface area contributed by atoms with E-state index in [0.717, 1.165) is 22.3 Å². The first-order valence-electron chi connectivity index (χ1n) is 10.5. The van der Waals surface area contributed by atoms with E-state index in [-0.39, 0.29) is 25.0 Å². The van der Waals surface area contributed by atoms with Crippen molar-refractivity contribution in [3.05, 3.63) is 89.5 Å². The maximum Gasteiger partial charge on any atom is 0.339 e. The van der Waals surface area contributed by atoms with E-state index in [0.29, 0.717) is 11.3 Å². The normalized spacial score (nSPS) is 11.0. The number of carbonyl (C=O) groups is 2. The fraction of sp³-hybridized carbons (Fsp3) is 0.259. The van der Waals surface area contributed by atoms with Gasteiger partial charge in [-0.15, -0.1) is 0 Å². The van der Waals surface area contributed by atoms with Crippen molar-refractivity contribution >= 4 is 11.9 Å². The molecule has 0 aliphatic rings. The van der Waals surface area contributed by atoms with Crippen molar-refractivity contribution in [2.24, 2.45) is 0 Å². The summed E-state index contributed by atoms with van der Waals surface area (Å²) in [7, 11) is 1.39. The lowest BCUT2D eigenvalue weighted by Gasteiger charge is -2.20. The molecule has 3 aromatic carbocycles. The molecule has 0 atom stereocenters. The standard InChI is InChI=1S/C27H28O5/c1-27(2,3)32-26(29)24-8-6-5-7-22(24)18-31-23-15-13-21(14-16-23)20-11-9-19(10-12-20)17-25(28)30-4/h5-16H,17-18H2,1-4H3. The summed E-state index contributed by atoms with van der Waals surface area (Å²) in [6.45, 7) is 5.80. The lowest BCUT2D eigenvalue weighted by molar-refractivity contribution is -0.139. The van der Waals surface area contributed by atoms with Crippen LogP contribution in [0, 0.1) is 0 Å². The third kappa shape index (κ3) is 6.45. The summed E-state index contributed by atoms with van der Waals surface area (Å²) in [5, 5.41) is 0. The second-order valence-electron chi connectivity index (χ2n) is 8.42. The zero-order valence-corrected chi connectivity index (χ0v) is 18.9. The highest BCUT2D eigenvalue weighted by atomic mass is 16.6. The molecule has 3 rings (SSSR count). The molecule has 166 valence electrons. The summed E-state index contributed by atoms with van der Waals surface area (Å²) < 4.78 is 16.1. The molecule has 0 bridgehead atoms. The van der Waals surface area contributed by atoms with Crippen LogP contribution >= 0.6 is 0 Å². The maximum absolute atomic E-state index is 12.5. The minimum absolute atomic E-state index is 0.257. The molecule has 0 aliphatic heterocycles. The highest BCUT2D eigenvalue weighted by molar-refractivity contribution is 5.91. The van der Waals surface area contributed by atoms with Crippen LogP contribution in [-0.2, 0) is 27.3 Å². The number of ether oxygens (including phenoxy) is 3. The van der Waals surface area contributed by atoms with E-state index < -0.39 is 5.60 Å². The van der Waals surface area contributed by atoms with E-state index >= 15 is 0 Å². The van der Waals surface area contributed by atoms with Crippen LogP contribution in [0.5, 0.6) is 5.75 Å². The van der Waals surface area contributed by atoms with E-state index in [1.807, 2.05) is 87.5 Å². The van der Waals surface area contributed by atoms with Crippen LogP contribution in [0.2, 0.25) is 0 Å². The maximum atomic E-state index is 12.5. The summed E-state index contributed by atoms with van der Waals surface area (Å²) in [6, 6.07) is 22.8. The first kappa shape index (κ1) is 23.1. The average Bonchev–Trinajstić information content (AvgIpc) is 2.77. The Labute approximate surface area is 188 Å². The zero-order chi connectivity index (χ0) is 23.1. The molecular formula is C27H28O5. The van der Waals surface area contributed by atoms with Crippen molar-refractivity contribution in [1.29, 1.82) is 0 Å². The van der Waals surface area contributed by atoms with Crippen LogP contribution in [0.25, 0.3) is 11.1 Å². The first-order valence-corrected chi connectivity index (χ1v) is 10.5. The van der Waals surface area contributed by atoms with Crippen LogP contribution in [0.4, 0.5) is 0 Å². The van der Waals surface area contributed by atoms with Gasteiger partial charge in [-0.2, -0.15) is 0 Å². The zero-order valence-electron chi connectivity index (χ0n) is 18.9. The van der Waals surface area contributed by atoms with Gasteiger partial charge in [-0.05, 0) is 55.7 Å². The molecule has 0 saturated heterocycles. The van der Waals surface area contributed by atoms with Crippen LogP contribution in [0.15, 0.2) is 72.8 Å². The Balaban J connectivity index is 1.65.